The molecule has 2 fully saturated rings. The van der Waals surface area contributed by atoms with Gasteiger partial charge in [-0.25, -0.2) is 22.8 Å². The number of alkyl halides is 5. The van der Waals surface area contributed by atoms with Gasteiger partial charge in [-0.1, -0.05) is 6.07 Å². The van der Waals surface area contributed by atoms with Gasteiger partial charge >= 0.3 is 18.5 Å². The molecule has 0 radical (unpaired) electrons. The highest BCUT2D eigenvalue weighted by Gasteiger charge is 2.42. The van der Waals surface area contributed by atoms with Crippen LogP contribution in [0.5, 0.6) is 5.75 Å². The Morgan fingerprint density at radius 2 is 1.91 bits per heavy atom. The van der Waals surface area contributed by atoms with E-state index in [0.29, 0.717) is 25.3 Å². The largest absolute Gasteiger partial charge is 0.573 e. The number of aliphatic hydroxyl groups excluding tert-OH is 1. The summed E-state index contributed by atoms with van der Waals surface area (Å²) in [5, 5.41) is 12.2. The van der Waals surface area contributed by atoms with Gasteiger partial charge < -0.3 is 29.7 Å². The van der Waals surface area contributed by atoms with E-state index in [9.17, 15) is 41.0 Å². The highest BCUT2D eigenvalue weighted by atomic mass is 19.4. The lowest BCUT2D eigenvalue weighted by Crippen LogP contribution is -2.57. The van der Waals surface area contributed by atoms with E-state index in [1.807, 2.05) is 0 Å². The predicted molar refractivity (Wildman–Crippen MR) is 108 cm³/mol. The molecule has 1 aromatic carbocycles. The van der Waals surface area contributed by atoms with Gasteiger partial charge in [-0.3, -0.25) is 0 Å². The summed E-state index contributed by atoms with van der Waals surface area (Å²) in [6.45, 7) is -1.62. The van der Waals surface area contributed by atoms with Crippen LogP contribution in [-0.2, 0) is 11.3 Å². The number of hydrogen-bond acceptors (Lipinski definition) is 5. The summed E-state index contributed by atoms with van der Waals surface area (Å²) in [5.74, 6) is -2.16. The van der Waals surface area contributed by atoms with E-state index in [1.54, 1.807) is 0 Å². The van der Waals surface area contributed by atoms with Crippen LogP contribution in [0.1, 0.15) is 24.8 Å². The number of aliphatic hydroxyl groups is 1. The van der Waals surface area contributed by atoms with E-state index >= 15 is 0 Å². The van der Waals surface area contributed by atoms with Crippen molar-refractivity contribution in [3.63, 3.8) is 0 Å². The average molecular weight is 513 g/mol. The fourth-order valence-electron chi connectivity index (χ4n) is 4.00. The summed E-state index contributed by atoms with van der Waals surface area (Å²) in [5.41, 5.74) is -0.0716. The minimum Gasteiger partial charge on any atom is -0.443 e. The van der Waals surface area contributed by atoms with Gasteiger partial charge in [0.15, 0.2) is 6.61 Å². The summed E-state index contributed by atoms with van der Waals surface area (Å²) in [6.07, 6.45) is -7.08. The second kappa shape index (κ2) is 11.2. The van der Waals surface area contributed by atoms with Gasteiger partial charge in [0.2, 0.25) is 0 Å². The normalized spacial score (nSPS) is 20.5. The smallest absolute Gasteiger partial charge is 0.443 e. The first-order valence-electron chi connectivity index (χ1n) is 10.9. The van der Waals surface area contributed by atoms with Crippen molar-refractivity contribution in [2.24, 2.45) is 5.92 Å². The lowest BCUT2D eigenvalue weighted by molar-refractivity contribution is -0.274. The highest BCUT2D eigenvalue weighted by Crippen LogP contribution is 2.33. The number of hydrogen-bond donors (Lipinski definition) is 2. The Kier molecular flexibility index (Phi) is 8.56. The van der Waals surface area contributed by atoms with E-state index in [0.717, 1.165) is 12.1 Å². The van der Waals surface area contributed by atoms with E-state index in [-0.39, 0.29) is 37.8 Å². The second-order valence-corrected chi connectivity index (χ2v) is 8.41. The van der Waals surface area contributed by atoms with Crippen molar-refractivity contribution >= 4 is 12.1 Å². The first kappa shape index (κ1) is 26.7. The van der Waals surface area contributed by atoms with Crippen molar-refractivity contribution in [3.05, 3.63) is 29.6 Å². The maximum absolute atomic E-state index is 14.2. The predicted octanol–water partition coefficient (Wildman–Crippen LogP) is 3.48. The number of nitrogens with one attached hydrogen (secondary N) is 1. The van der Waals surface area contributed by atoms with Crippen LogP contribution in [0.25, 0.3) is 0 Å². The Labute approximate surface area is 196 Å². The maximum atomic E-state index is 14.2. The number of nitrogens with zero attached hydrogens (tertiary/aromatic N) is 2. The first-order chi connectivity index (χ1) is 16.5. The molecule has 0 aromatic heterocycles. The van der Waals surface area contributed by atoms with E-state index in [1.165, 1.54) is 9.80 Å². The lowest BCUT2D eigenvalue weighted by Gasteiger charge is -2.42. The Bertz CT molecular complexity index is 899. The molecule has 1 aliphatic carbocycles. The zero-order chi connectivity index (χ0) is 25.8. The summed E-state index contributed by atoms with van der Waals surface area (Å²) >= 11 is 0. The molecule has 1 aromatic rings. The van der Waals surface area contributed by atoms with Gasteiger partial charge in [-0.2, -0.15) is 0 Å². The molecule has 35 heavy (non-hydrogen) atoms. The molecule has 0 spiro atoms. The van der Waals surface area contributed by atoms with Crippen LogP contribution in [0.4, 0.5) is 35.9 Å². The van der Waals surface area contributed by atoms with Crippen LogP contribution < -0.4 is 10.1 Å². The van der Waals surface area contributed by atoms with E-state index < -0.39 is 55.0 Å². The first-order valence-corrected chi connectivity index (χ1v) is 10.9. The Balaban J connectivity index is 1.65. The third kappa shape index (κ3) is 7.80. The van der Waals surface area contributed by atoms with Gasteiger partial charge in [-0.15, -0.1) is 13.2 Å². The molecule has 1 saturated carbocycles. The molecule has 14 heteroatoms. The van der Waals surface area contributed by atoms with Gasteiger partial charge in [0.05, 0.1) is 6.04 Å². The number of ether oxygens (including phenoxy) is 2. The standard InChI is InChI=1S/C21H25F6N3O5/c22-17-6-16(35-21(25,26)27)4-1-13(17)7-28-19(32)30(14-2-3-14)15-5-12(10-31)8-29(9-15)20(33)34-11-18(23)24/h1,4,6,12,14-15,18,31H,2-3,5,7-11H2,(H,28,32)/t12-,15+/m0/s1. The number of benzene rings is 1. The quantitative estimate of drug-likeness (QED) is 0.520. The Hall–Kier alpha value is -2.90. The number of urea groups is 1. The number of piperidine rings is 1. The summed E-state index contributed by atoms with van der Waals surface area (Å²) in [6, 6.07) is 1.23. The molecule has 8 nitrogen and oxygen atoms in total. The van der Waals surface area contributed by atoms with Crippen LogP contribution in [0.3, 0.4) is 0 Å². The topological polar surface area (TPSA) is 91.3 Å². The Morgan fingerprint density at radius 3 is 2.49 bits per heavy atom. The molecule has 2 atom stereocenters. The molecule has 0 unspecified atom stereocenters. The molecule has 3 amide bonds. The SMILES string of the molecule is O=C(OCC(F)F)N1C[C@@H](CO)C[C@@H](N(C(=O)NCc2ccc(OC(F)(F)F)cc2F)C2CC2)C1. The second-order valence-electron chi connectivity index (χ2n) is 8.41. The molecular weight excluding hydrogens is 488 g/mol. The van der Waals surface area contributed by atoms with Gasteiger partial charge in [0.25, 0.3) is 6.43 Å². The van der Waals surface area contributed by atoms with E-state index in [4.69, 9.17) is 0 Å². The number of carbonyl (C=O) groups excluding carboxylic acids is 2. The molecule has 2 aliphatic rings. The fourth-order valence-corrected chi connectivity index (χ4v) is 4.00. The van der Waals surface area contributed by atoms with Gasteiger partial charge in [0, 0.05) is 49.8 Å². The number of carbonyl (C=O) groups is 2. The van der Waals surface area contributed by atoms with Crippen LogP contribution in [0.2, 0.25) is 0 Å². The summed E-state index contributed by atoms with van der Waals surface area (Å²) in [7, 11) is 0. The van der Waals surface area contributed by atoms with Gasteiger partial charge in [0.1, 0.15) is 11.6 Å². The molecule has 3 rings (SSSR count). The summed E-state index contributed by atoms with van der Waals surface area (Å²) < 4.78 is 84.1. The number of rotatable bonds is 8. The molecular formula is C21H25F6N3O5. The highest BCUT2D eigenvalue weighted by molar-refractivity contribution is 5.75. The Morgan fingerprint density at radius 1 is 1.20 bits per heavy atom. The molecule has 196 valence electrons. The molecule has 1 heterocycles. The minimum atomic E-state index is -4.97. The van der Waals surface area contributed by atoms with Crippen LogP contribution in [0.15, 0.2) is 18.2 Å². The minimum absolute atomic E-state index is 0.000328. The van der Waals surface area contributed by atoms with Crippen molar-refractivity contribution < 1.29 is 50.5 Å². The van der Waals surface area contributed by atoms with Crippen LogP contribution in [0, 0.1) is 11.7 Å². The molecule has 0 bridgehead atoms. The number of likely N-dealkylation sites (tertiary alicyclic amines) is 1. The van der Waals surface area contributed by atoms with Crippen molar-refractivity contribution in [1.82, 2.24) is 15.1 Å². The summed E-state index contributed by atoms with van der Waals surface area (Å²) in [4.78, 5) is 27.8. The average Bonchev–Trinajstić information content (AvgIpc) is 3.60. The van der Waals surface area contributed by atoms with Crippen molar-refractivity contribution in [2.45, 2.75) is 50.7 Å². The van der Waals surface area contributed by atoms with Crippen molar-refractivity contribution in [3.8, 4) is 5.75 Å². The number of halogens is 6. The maximum Gasteiger partial charge on any atom is 0.573 e. The monoisotopic (exact) mass is 513 g/mol. The van der Waals surface area contributed by atoms with E-state index in [2.05, 4.69) is 14.8 Å². The third-order valence-electron chi connectivity index (χ3n) is 5.62. The van der Waals surface area contributed by atoms with Crippen LogP contribution >= 0.6 is 0 Å². The zero-order valence-corrected chi connectivity index (χ0v) is 18.4. The van der Waals surface area contributed by atoms with Crippen LogP contribution in [-0.4, -0.2) is 78.2 Å². The van der Waals surface area contributed by atoms with Crippen molar-refractivity contribution in [1.29, 1.82) is 0 Å². The molecule has 1 saturated heterocycles. The number of amides is 3. The lowest BCUT2D eigenvalue weighted by atomic mass is 9.94. The third-order valence-corrected chi connectivity index (χ3v) is 5.62. The van der Waals surface area contributed by atoms with Gasteiger partial charge in [-0.05, 0) is 25.3 Å². The molecule has 2 N–H and O–H groups in total. The zero-order valence-electron chi connectivity index (χ0n) is 18.4. The van der Waals surface area contributed by atoms with Crippen molar-refractivity contribution in [2.75, 3.05) is 26.3 Å². The molecule has 1 aliphatic heterocycles. The fraction of sp³-hybridized carbons (Fsp3) is 0.619.